The van der Waals surface area contributed by atoms with E-state index in [1.165, 1.54) is 4.31 Å². The molecule has 2 aromatic carbocycles. The number of sulfonamides is 1. The lowest BCUT2D eigenvalue weighted by Crippen LogP contribution is -2.31. The van der Waals surface area contributed by atoms with Crippen molar-refractivity contribution in [3.8, 4) is 0 Å². The van der Waals surface area contributed by atoms with Gasteiger partial charge in [0.2, 0.25) is 10.0 Å². The van der Waals surface area contributed by atoms with Crippen LogP contribution in [0.2, 0.25) is 5.02 Å². The van der Waals surface area contributed by atoms with E-state index in [1.54, 1.807) is 36.4 Å². The molecule has 0 saturated carbocycles. The summed E-state index contributed by atoms with van der Waals surface area (Å²) in [5, 5.41) is 0.448. The van der Waals surface area contributed by atoms with Gasteiger partial charge < -0.3 is 0 Å². The van der Waals surface area contributed by atoms with Gasteiger partial charge in [-0.3, -0.25) is 4.79 Å². The maximum Gasteiger partial charge on any atom is 0.243 e. The lowest BCUT2D eigenvalue weighted by atomic mass is 10.0. The van der Waals surface area contributed by atoms with Crippen LogP contribution in [0.15, 0.2) is 45.8 Å². The third-order valence-corrected chi connectivity index (χ3v) is 6.83. The zero-order valence-electron chi connectivity index (χ0n) is 12.9. The molecule has 0 spiro atoms. The fourth-order valence-electron chi connectivity index (χ4n) is 2.69. The topological polar surface area (TPSA) is 54.5 Å². The van der Waals surface area contributed by atoms with Crippen LogP contribution >= 0.6 is 27.5 Å². The highest BCUT2D eigenvalue weighted by Crippen LogP contribution is 2.32. The molecule has 0 aliphatic carbocycles. The average molecular weight is 429 g/mol. The number of aryl methyl sites for hydroxylation is 1. The first kappa shape index (κ1) is 17.6. The lowest BCUT2D eigenvalue weighted by Gasteiger charge is -2.21. The summed E-state index contributed by atoms with van der Waals surface area (Å²) in [6.07, 6.45) is 0.130. The monoisotopic (exact) mass is 427 g/mol. The second kappa shape index (κ2) is 6.59. The molecule has 7 heteroatoms. The largest absolute Gasteiger partial charge is 0.294 e. The number of nitrogens with zero attached hydrogens (tertiary/aromatic N) is 1. The van der Waals surface area contributed by atoms with Crippen molar-refractivity contribution in [2.45, 2.75) is 24.8 Å². The number of hydrogen-bond acceptors (Lipinski definition) is 3. The molecule has 0 aromatic heterocycles. The molecule has 0 atom stereocenters. The average Bonchev–Trinajstić information content (AvgIpc) is 2.68. The number of Topliss-reactive ketones (excluding diaryl/α,β-unsaturated/α-hetero) is 1. The Morgan fingerprint density at radius 1 is 1.17 bits per heavy atom. The van der Waals surface area contributed by atoms with Crippen LogP contribution in [0.1, 0.15) is 27.9 Å². The second-order valence-electron chi connectivity index (χ2n) is 5.74. The first-order chi connectivity index (χ1) is 11.3. The molecule has 0 radical (unpaired) electrons. The number of rotatable bonds is 2. The quantitative estimate of drug-likeness (QED) is 0.721. The van der Waals surface area contributed by atoms with Crippen molar-refractivity contribution in [1.82, 2.24) is 4.31 Å². The number of carbonyl (C=O) groups excluding carboxylic acids is 1. The third kappa shape index (κ3) is 3.28. The predicted molar refractivity (Wildman–Crippen MR) is 96.9 cm³/mol. The van der Waals surface area contributed by atoms with Crippen molar-refractivity contribution < 1.29 is 13.2 Å². The van der Waals surface area contributed by atoms with E-state index in [0.717, 1.165) is 5.56 Å². The lowest BCUT2D eigenvalue weighted by molar-refractivity contribution is 0.0981. The van der Waals surface area contributed by atoms with Crippen molar-refractivity contribution >= 4 is 43.3 Å². The maximum atomic E-state index is 12.9. The molecule has 1 aliphatic rings. The van der Waals surface area contributed by atoms with Gasteiger partial charge >= 0.3 is 0 Å². The Bertz CT molecular complexity index is 910. The molecule has 126 valence electrons. The maximum absolute atomic E-state index is 12.9. The van der Waals surface area contributed by atoms with Gasteiger partial charge in [-0.2, -0.15) is 4.31 Å². The number of benzene rings is 2. The van der Waals surface area contributed by atoms with Crippen molar-refractivity contribution in [2.24, 2.45) is 0 Å². The van der Waals surface area contributed by atoms with E-state index in [-0.39, 0.29) is 30.2 Å². The zero-order valence-corrected chi connectivity index (χ0v) is 16.1. The second-order valence-corrected chi connectivity index (χ2v) is 8.97. The summed E-state index contributed by atoms with van der Waals surface area (Å²) in [5.74, 6) is -0.102. The number of carbonyl (C=O) groups is 1. The Balaban J connectivity index is 2.04. The summed E-state index contributed by atoms with van der Waals surface area (Å²) in [6, 6.07) is 9.99. The van der Waals surface area contributed by atoms with Gasteiger partial charge in [-0.25, -0.2) is 8.42 Å². The van der Waals surface area contributed by atoms with E-state index in [4.69, 9.17) is 11.6 Å². The SMILES string of the molecule is Cc1ccc(S(=O)(=O)N2CCC(=O)c3cc(Cl)cc(Br)c3C2)cc1. The molecular formula is C17H15BrClNO3S. The molecule has 0 N–H and O–H groups in total. The normalized spacial score (nSPS) is 15.9. The summed E-state index contributed by atoms with van der Waals surface area (Å²) < 4.78 is 27.8. The number of fused-ring (bicyclic) bond motifs is 1. The molecule has 24 heavy (non-hydrogen) atoms. The Morgan fingerprint density at radius 3 is 2.50 bits per heavy atom. The van der Waals surface area contributed by atoms with E-state index in [0.29, 0.717) is 20.6 Å². The van der Waals surface area contributed by atoms with E-state index in [1.807, 2.05) is 6.92 Å². The molecule has 3 rings (SSSR count). The highest BCUT2D eigenvalue weighted by Gasteiger charge is 2.30. The molecule has 0 amide bonds. The minimum absolute atomic E-state index is 0.102. The van der Waals surface area contributed by atoms with Gasteiger partial charge in [0.1, 0.15) is 0 Å². The number of hydrogen-bond donors (Lipinski definition) is 0. The molecule has 2 aromatic rings. The highest BCUT2D eigenvalue weighted by atomic mass is 79.9. The molecule has 0 saturated heterocycles. The Morgan fingerprint density at radius 2 is 1.83 bits per heavy atom. The van der Waals surface area contributed by atoms with Gasteiger partial charge in [0.05, 0.1) is 4.90 Å². The predicted octanol–water partition coefficient (Wildman–Crippen LogP) is 4.19. The molecule has 0 fully saturated rings. The Labute approximate surface area is 154 Å². The van der Waals surface area contributed by atoms with E-state index in [9.17, 15) is 13.2 Å². The summed E-state index contributed by atoms with van der Waals surface area (Å²) in [7, 11) is -3.67. The fourth-order valence-corrected chi connectivity index (χ4v) is 5.04. The van der Waals surface area contributed by atoms with Crippen LogP contribution in [-0.2, 0) is 16.6 Å². The minimum Gasteiger partial charge on any atom is -0.294 e. The van der Waals surface area contributed by atoms with E-state index < -0.39 is 10.0 Å². The summed E-state index contributed by atoms with van der Waals surface area (Å²) in [5.41, 5.74) is 2.12. The standard InChI is InChI=1S/C17H15BrClNO3S/c1-11-2-4-13(5-3-11)24(22,23)20-7-6-17(21)14-8-12(19)9-16(18)15(14)10-20/h2-5,8-9H,6-7,10H2,1H3. The van der Waals surface area contributed by atoms with Crippen LogP contribution in [0, 0.1) is 6.92 Å². The molecule has 1 heterocycles. The van der Waals surface area contributed by atoms with E-state index >= 15 is 0 Å². The van der Waals surface area contributed by atoms with Gasteiger partial charge in [-0.05, 0) is 36.8 Å². The van der Waals surface area contributed by atoms with Crippen molar-refractivity contribution in [1.29, 1.82) is 0 Å². The number of ketones is 1. The van der Waals surface area contributed by atoms with Crippen molar-refractivity contribution in [3.05, 3.63) is 62.6 Å². The van der Waals surface area contributed by atoms with Crippen molar-refractivity contribution in [2.75, 3.05) is 6.54 Å². The third-order valence-electron chi connectivity index (χ3n) is 4.04. The molecule has 0 bridgehead atoms. The Hall–Kier alpha value is -1.21. The molecule has 0 unspecified atom stereocenters. The first-order valence-corrected chi connectivity index (χ1v) is 9.98. The van der Waals surface area contributed by atoms with Crippen molar-refractivity contribution in [3.63, 3.8) is 0 Å². The fraction of sp³-hybridized carbons (Fsp3) is 0.235. The summed E-state index contributed by atoms with van der Waals surface area (Å²) >= 11 is 9.42. The highest BCUT2D eigenvalue weighted by molar-refractivity contribution is 9.10. The van der Waals surface area contributed by atoms with Gasteiger partial charge in [0.25, 0.3) is 0 Å². The number of halogens is 2. The van der Waals surface area contributed by atoms with Gasteiger partial charge in [0.15, 0.2) is 5.78 Å². The van der Waals surface area contributed by atoms with E-state index in [2.05, 4.69) is 15.9 Å². The summed E-state index contributed by atoms with van der Waals surface area (Å²) in [6.45, 7) is 2.18. The van der Waals surface area contributed by atoms with Crippen LogP contribution in [0.4, 0.5) is 0 Å². The van der Waals surface area contributed by atoms with Gasteiger partial charge in [0, 0.05) is 34.6 Å². The minimum atomic E-state index is -3.67. The smallest absolute Gasteiger partial charge is 0.243 e. The Kier molecular flexibility index (Phi) is 4.84. The van der Waals surface area contributed by atoms with Gasteiger partial charge in [-0.1, -0.05) is 45.2 Å². The molecule has 1 aliphatic heterocycles. The molecule has 4 nitrogen and oxygen atoms in total. The summed E-state index contributed by atoms with van der Waals surface area (Å²) in [4.78, 5) is 12.6. The van der Waals surface area contributed by atoms with Crippen LogP contribution < -0.4 is 0 Å². The zero-order chi connectivity index (χ0) is 17.5. The van der Waals surface area contributed by atoms with Crippen LogP contribution in [0.5, 0.6) is 0 Å². The first-order valence-electron chi connectivity index (χ1n) is 7.37. The van der Waals surface area contributed by atoms with Crippen LogP contribution in [0.25, 0.3) is 0 Å². The molecular weight excluding hydrogens is 414 g/mol. The van der Waals surface area contributed by atoms with Gasteiger partial charge in [-0.15, -0.1) is 0 Å². The van der Waals surface area contributed by atoms with Crippen LogP contribution in [0.3, 0.4) is 0 Å². The van der Waals surface area contributed by atoms with Crippen LogP contribution in [-0.4, -0.2) is 25.1 Å².